The van der Waals surface area contributed by atoms with E-state index in [0.29, 0.717) is 32.5 Å². The second kappa shape index (κ2) is 26.5. The zero-order valence-electron chi connectivity index (χ0n) is 44.3. The van der Waals surface area contributed by atoms with Crippen LogP contribution in [0.5, 0.6) is 0 Å². The highest BCUT2D eigenvalue weighted by atomic mass is 14.4. The van der Waals surface area contributed by atoms with Gasteiger partial charge in [-0.3, -0.25) is 0 Å². The topological polar surface area (TPSA) is 0 Å². The molecule has 0 heteroatoms. The Morgan fingerprint density at radius 1 is 0.421 bits per heavy atom. The lowest BCUT2D eigenvalue weighted by atomic mass is 9.60. The molecule has 0 aliphatic heterocycles. The van der Waals surface area contributed by atoms with Crippen molar-refractivity contribution >= 4 is 0 Å². The highest BCUT2D eigenvalue weighted by Gasteiger charge is 2.39. The molecule has 0 bridgehead atoms. The lowest BCUT2D eigenvalue weighted by Crippen LogP contribution is -2.34. The number of rotatable bonds is 3. The Balaban J connectivity index is 0.000000713. The predicted octanol–water partition coefficient (Wildman–Crippen LogP) is 20.6. The van der Waals surface area contributed by atoms with Gasteiger partial charge in [0.05, 0.1) is 0 Å². The van der Waals surface area contributed by atoms with Crippen LogP contribution in [0.15, 0.2) is 0 Å². The van der Waals surface area contributed by atoms with E-state index in [-0.39, 0.29) is 0 Å². The molecule has 0 aromatic heterocycles. The van der Waals surface area contributed by atoms with Crippen LogP contribution >= 0.6 is 0 Å². The molecule has 0 spiro atoms. The predicted molar refractivity (Wildman–Crippen MR) is 264 cm³/mol. The Labute approximate surface area is 365 Å². The van der Waals surface area contributed by atoms with Gasteiger partial charge in [-0.05, 0) is 138 Å². The van der Waals surface area contributed by atoms with Crippen LogP contribution in [0.3, 0.4) is 0 Å². The molecular weight excluding hydrogens is 685 g/mol. The summed E-state index contributed by atoms with van der Waals surface area (Å²) >= 11 is 0. The summed E-state index contributed by atoms with van der Waals surface area (Å²) in [5, 5.41) is 0. The fraction of sp³-hybridized carbons (Fsp3) is 1.00. The summed E-state index contributed by atoms with van der Waals surface area (Å²) < 4.78 is 0. The SMILES string of the molecule is C1CCC(CC2CCCCC2)CC1.CC.CC.CC(C)(C)C1CCCC(C(C)(C)C)C1.CC(C)(C)C1CCCC(C(C)(C)C)C1.CCC1(C)CC(C)CC(C)(C)C1. The molecular formula is C57H116. The van der Waals surface area contributed by atoms with Crippen LogP contribution in [-0.2, 0) is 0 Å². The van der Waals surface area contributed by atoms with Gasteiger partial charge in [0.2, 0.25) is 0 Å². The van der Waals surface area contributed by atoms with Crippen LogP contribution in [-0.4, -0.2) is 0 Å². The molecule has 0 saturated heterocycles. The minimum atomic E-state index is 0.518. The van der Waals surface area contributed by atoms with E-state index in [2.05, 4.69) is 118 Å². The molecule has 5 aliphatic carbocycles. The van der Waals surface area contributed by atoms with Crippen molar-refractivity contribution in [1.29, 1.82) is 0 Å². The van der Waals surface area contributed by atoms with Gasteiger partial charge >= 0.3 is 0 Å². The van der Waals surface area contributed by atoms with E-state index in [1.165, 1.54) is 116 Å². The molecule has 5 rings (SSSR count). The first-order valence-electron chi connectivity index (χ1n) is 26.2. The molecule has 6 unspecified atom stereocenters. The van der Waals surface area contributed by atoms with Crippen LogP contribution in [0.1, 0.15) is 293 Å². The molecule has 6 atom stereocenters. The molecule has 0 amide bonds. The van der Waals surface area contributed by atoms with Gasteiger partial charge in [-0.1, -0.05) is 229 Å². The summed E-state index contributed by atoms with van der Waals surface area (Å²) in [6.07, 6.45) is 34.2. The summed E-state index contributed by atoms with van der Waals surface area (Å²) in [5.74, 6) is 6.95. The second-order valence-electron chi connectivity index (χ2n) is 25.8. The maximum atomic E-state index is 2.46. The standard InChI is InChI=1S/2C14H28.C13H24.C12H24.2C2H6/c2*1-13(2,3)11-8-7-9-12(10-11)14(4,5)6;1-3-7-12(8-4-1)11-13-9-5-2-6-10-13;1-6-12(5)8-10(2)7-11(3,4)9-12;2*1-2/h2*11-12H,7-10H2,1-6H3;12-13H,1-11H2;10H,6-9H2,1-5H3;2*1-2H3. The van der Waals surface area contributed by atoms with E-state index in [0.717, 1.165) is 41.4 Å². The lowest BCUT2D eigenvalue weighted by Gasteiger charge is -2.45. The summed E-state index contributed by atoms with van der Waals surface area (Å²) in [4.78, 5) is 0. The van der Waals surface area contributed by atoms with Crippen molar-refractivity contribution in [3.63, 3.8) is 0 Å². The molecule has 5 aliphatic rings. The minimum Gasteiger partial charge on any atom is -0.0683 e. The molecule has 0 nitrogen and oxygen atoms in total. The average molecular weight is 802 g/mol. The third-order valence-electron chi connectivity index (χ3n) is 15.9. The van der Waals surface area contributed by atoms with Gasteiger partial charge in [0.1, 0.15) is 0 Å². The van der Waals surface area contributed by atoms with Crippen molar-refractivity contribution in [2.24, 2.45) is 73.9 Å². The van der Waals surface area contributed by atoms with Crippen molar-refractivity contribution in [3.05, 3.63) is 0 Å². The molecule has 0 aromatic rings. The smallest absolute Gasteiger partial charge is 0.0321 e. The van der Waals surface area contributed by atoms with Crippen molar-refractivity contribution < 1.29 is 0 Å². The quantitative estimate of drug-likeness (QED) is 0.267. The van der Waals surface area contributed by atoms with Crippen molar-refractivity contribution in [3.8, 4) is 0 Å². The van der Waals surface area contributed by atoms with Gasteiger partial charge in [0, 0.05) is 0 Å². The van der Waals surface area contributed by atoms with E-state index >= 15 is 0 Å². The summed E-state index contributed by atoms with van der Waals surface area (Å²) in [6.45, 7) is 48.9. The summed E-state index contributed by atoms with van der Waals surface area (Å²) in [7, 11) is 0. The molecule has 0 heterocycles. The Morgan fingerprint density at radius 3 is 0.965 bits per heavy atom. The maximum absolute atomic E-state index is 2.46. The van der Waals surface area contributed by atoms with E-state index in [1.54, 1.807) is 32.1 Å². The normalized spacial score (nSPS) is 30.2. The minimum absolute atomic E-state index is 0.518. The fourth-order valence-electron chi connectivity index (χ4n) is 12.3. The first kappa shape index (κ1) is 57.0. The van der Waals surface area contributed by atoms with E-state index in [1.807, 2.05) is 27.7 Å². The molecule has 0 N–H and O–H groups in total. The third-order valence-corrected chi connectivity index (χ3v) is 15.9. The Morgan fingerprint density at radius 2 is 0.719 bits per heavy atom. The Bertz CT molecular complexity index is 857. The van der Waals surface area contributed by atoms with E-state index in [9.17, 15) is 0 Å². The molecule has 57 heavy (non-hydrogen) atoms. The van der Waals surface area contributed by atoms with Crippen LogP contribution in [0.4, 0.5) is 0 Å². The maximum Gasteiger partial charge on any atom is -0.0321 e. The Hall–Kier alpha value is 0. The largest absolute Gasteiger partial charge is 0.0683 e. The van der Waals surface area contributed by atoms with Crippen molar-refractivity contribution in [2.45, 2.75) is 293 Å². The Kier molecular flexibility index (Phi) is 26.5. The van der Waals surface area contributed by atoms with Crippen LogP contribution in [0.25, 0.3) is 0 Å². The van der Waals surface area contributed by atoms with Gasteiger partial charge < -0.3 is 0 Å². The first-order chi connectivity index (χ1) is 26.2. The van der Waals surface area contributed by atoms with Gasteiger partial charge in [-0.2, -0.15) is 0 Å². The van der Waals surface area contributed by atoms with Crippen LogP contribution in [0, 0.1) is 73.9 Å². The molecule has 0 radical (unpaired) electrons. The number of hydrogen-bond donors (Lipinski definition) is 0. The highest BCUT2D eigenvalue weighted by molar-refractivity contribution is 4.90. The van der Waals surface area contributed by atoms with Gasteiger partial charge in [0.25, 0.3) is 0 Å². The first-order valence-corrected chi connectivity index (χ1v) is 26.2. The monoisotopic (exact) mass is 801 g/mol. The molecule has 5 saturated carbocycles. The fourth-order valence-corrected chi connectivity index (χ4v) is 12.3. The highest BCUT2D eigenvalue weighted by Crippen LogP contribution is 2.50. The lowest BCUT2D eigenvalue weighted by molar-refractivity contribution is 0.0581. The van der Waals surface area contributed by atoms with Gasteiger partial charge in [-0.25, -0.2) is 0 Å². The second-order valence-corrected chi connectivity index (χ2v) is 25.8. The van der Waals surface area contributed by atoms with Crippen LogP contribution < -0.4 is 0 Å². The number of hydrogen-bond acceptors (Lipinski definition) is 0. The molecule has 344 valence electrons. The zero-order chi connectivity index (χ0) is 44.3. The summed E-state index contributed by atoms with van der Waals surface area (Å²) in [6, 6.07) is 0. The summed E-state index contributed by atoms with van der Waals surface area (Å²) in [5.41, 5.74) is 3.28. The average Bonchev–Trinajstić information content (AvgIpc) is 3.13. The van der Waals surface area contributed by atoms with Gasteiger partial charge in [-0.15, -0.1) is 0 Å². The molecule has 0 aromatic carbocycles. The van der Waals surface area contributed by atoms with Crippen molar-refractivity contribution in [2.75, 3.05) is 0 Å². The van der Waals surface area contributed by atoms with Crippen molar-refractivity contribution in [1.82, 2.24) is 0 Å². The molecule has 5 fully saturated rings. The van der Waals surface area contributed by atoms with E-state index < -0.39 is 0 Å². The van der Waals surface area contributed by atoms with Crippen LogP contribution in [0.2, 0.25) is 0 Å². The van der Waals surface area contributed by atoms with Gasteiger partial charge in [0.15, 0.2) is 0 Å². The van der Waals surface area contributed by atoms with E-state index in [4.69, 9.17) is 0 Å². The third kappa shape index (κ3) is 23.7. The zero-order valence-corrected chi connectivity index (χ0v) is 44.3.